The van der Waals surface area contributed by atoms with Crippen molar-refractivity contribution in [2.45, 2.75) is 43.8 Å². The summed E-state index contributed by atoms with van der Waals surface area (Å²) in [4.78, 5) is 17.0. The number of hydrogen-bond donors (Lipinski definition) is 1. The van der Waals surface area contributed by atoms with E-state index in [2.05, 4.69) is 10.3 Å². The van der Waals surface area contributed by atoms with Crippen molar-refractivity contribution in [1.29, 1.82) is 0 Å². The maximum atomic E-state index is 12.6. The van der Waals surface area contributed by atoms with Crippen molar-refractivity contribution in [2.24, 2.45) is 0 Å². The molecule has 1 amide bonds. The summed E-state index contributed by atoms with van der Waals surface area (Å²) >= 11 is 0. The number of nitrogens with zero attached hydrogens (tertiary/aromatic N) is 2. The van der Waals surface area contributed by atoms with Gasteiger partial charge in [-0.15, -0.1) is 0 Å². The highest BCUT2D eigenvalue weighted by Gasteiger charge is 2.45. The Kier molecular flexibility index (Phi) is 4.00. The molecule has 2 aromatic rings. The van der Waals surface area contributed by atoms with Crippen LogP contribution in [0.3, 0.4) is 0 Å². The molecule has 0 aliphatic carbocycles. The molecule has 2 aliphatic heterocycles. The van der Waals surface area contributed by atoms with Crippen molar-refractivity contribution >= 4 is 26.8 Å². The Morgan fingerprint density at radius 2 is 1.80 bits per heavy atom. The van der Waals surface area contributed by atoms with E-state index in [1.165, 1.54) is 6.26 Å². The molecule has 3 heterocycles. The van der Waals surface area contributed by atoms with Crippen LogP contribution in [0.4, 0.5) is 0 Å². The molecule has 6 nitrogen and oxygen atoms in total. The molecule has 1 aromatic heterocycles. The second-order valence-electron chi connectivity index (χ2n) is 7.01. The topological polar surface area (TPSA) is 79.4 Å². The molecule has 1 N–H and O–H groups in total. The predicted octanol–water partition coefficient (Wildman–Crippen LogP) is 1.92. The molecular weight excluding hydrogens is 338 g/mol. The molecule has 0 spiro atoms. The van der Waals surface area contributed by atoms with E-state index in [9.17, 15) is 13.2 Å². The van der Waals surface area contributed by atoms with Gasteiger partial charge in [0.25, 0.3) is 5.91 Å². The van der Waals surface area contributed by atoms with Crippen molar-refractivity contribution in [3.63, 3.8) is 0 Å². The minimum Gasteiger partial charge on any atom is -0.348 e. The zero-order chi connectivity index (χ0) is 17.6. The van der Waals surface area contributed by atoms with E-state index in [0.29, 0.717) is 18.5 Å². The maximum absolute atomic E-state index is 12.6. The summed E-state index contributed by atoms with van der Waals surface area (Å²) in [7, 11) is -3.18. The van der Waals surface area contributed by atoms with Crippen LogP contribution in [-0.4, -0.2) is 48.0 Å². The number of para-hydroxylation sites is 1. The number of carbonyl (C=O) groups is 1. The molecule has 0 radical (unpaired) electrons. The van der Waals surface area contributed by atoms with Gasteiger partial charge in [-0.2, -0.15) is 4.31 Å². The highest BCUT2D eigenvalue weighted by molar-refractivity contribution is 7.88. The number of benzene rings is 1. The van der Waals surface area contributed by atoms with E-state index in [1.807, 2.05) is 30.3 Å². The Bertz CT molecular complexity index is 914. The largest absolute Gasteiger partial charge is 0.348 e. The lowest BCUT2D eigenvalue weighted by Gasteiger charge is -2.37. The highest BCUT2D eigenvalue weighted by Crippen LogP contribution is 2.37. The van der Waals surface area contributed by atoms with Crippen molar-refractivity contribution in [2.75, 3.05) is 6.26 Å². The first-order chi connectivity index (χ1) is 11.9. The molecule has 2 bridgehead atoms. The van der Waals surface area contributed by atoms with Gasteiger partial charge in [-0.3, -0.25) is 4.79 Å². The summed E-state index contributed by atoms with van der Waals surface area (Å²) in [6.07, 6.45) is 4.36. The lowest BCUT2D eigenvalue weighted by atomic mass is 9.99. The van der Waals surface area contributed by atoms with Crippen LogP contribution in [0.15, 0.2) is 36.4 Å². The molecule has 4 rings (SSSR count). The zero-order valence-electron chi connectivity index (χ0n) is 14.1. The first kappa shape index (κ1) is 16.5. The van der Waals surface area contributed by atoms with Crippen LogP contribution in [0.25, 0.3) is 10.9 Å². The molecule has 2 atom stereocenters. The number of carbonyl (C=O) groups excluding carboxylic acids is 1. The smallest absolute Gasteiger partial charge is 0.270 e. The Balaban J connectivity index is 1.48. The minimum atomic E-state index is -3.18. The van der Waals surface area contributed by atoms with E-state index in [4.69, 9.17) is 0 Å². The average Bonchev–Trinajstić information content (AvgIpc) is 2.87. The van der Waals surface area contributed by atoms with Gasteiger partial charge in [0.05, 0.1) is 11.8 Å². The number of fused-ring (bicyclic) bond motifs is 3. The third-order valence-electron chi connectivity index (χ3n) is 5.22. The van der Waals surface area contributed by atoms with Crippen LogP contribution in [0.2, 0.25) is 0 Å². The Labute approximate surface area is 147 Å². The summed E-state index contributed by atoms with van der Waals surface area (Å²) in [5.41, 5.74) is 1.19. The number of sulfonamides is 1. The van der Waals surface area contributed by atoms with Gasteiger partial charge in [0.15, 0.2) is 0 Å². The van der Waals surface area contributed by atoms with E-state index in [1.54, 1.807) is 10.4 Å². The Morgan fingerprint density at radius 1 is 1.12 bits per heavy atom. The lowest BCUT2D eigenvalue weighted by Crippen LogP contribution is -2.52. The van der Waals surface area contributed by atoms with Crippen molar-refractivity contribution in [1.82, 2.24) is 14.6 Å². The summed E-state index contributed by atoms with van der Waals surface area (Å²) < 4.78 is 25.5. The van der Waals surface area contributed by atoms with Crippen LogP contribution in [0.5, 0.6) is 0 Å². The molecule has 0 saturated carbocycles. The quantitative estimate of drug-likeness (QED) is 0.908. The fourth-order valence-corrected chi connectivity index (χ4v) is 5.71. The van der Waals surface area contributed by atoms with Gasteiger partial charge in [0, 0.05) is 23.5 Å². The number of rotatable bonds is 3. The van der Waals surface area contributed by atoms with Crippen LogP contribution in [-0.2, 0) is 10.0 Å². The molecule has 1 aromatic carbocycles. The van der Waals surface area contributed by atoms with Gasteiger partial charge >= 0.3 is 0 Å². The minimum absolute atomic E-state index is 0.00335. The van der Waals surface area contributed by atoms with Gasteiger partial charge in [0.1, 0.15) is 5.69 Å². The second-order valence-corrected chi connectivity index (χ2v) is 8.90. The number of aromatic nitrogens is 1. The Hall–Kier alpha value is -1.99. The van der Waals surface area contributed by atoms with Crippen LogP contribution in [0.1, 0.15) is 36.2 Å². The zero-order valence-corrected chi connectivity index (χ0v) is 14.9. The lowest BCUT2D eigenvalue weighted by molar-refractivity contribution is 0.0905. The van der Waals surface area contributed by atoms with Gasteiger partial charge in [-0.25, -0.2) is 13.4 Å². The van der Waals surface area contributed by atoms with E-state index < -0.39 is 10.0 Å². The van der Waals surface area contributed by atoms with Crippen LogP contribution >= 0.6 is 0 Å². The standard InChI is InChI=1S/C18H21N3O3S/c1-25(23,24)21-14-7-8-15(21)11-13(10-14)19-18(22)17-9-6-12-4-2-3-5-16(12)20-17/h2-6,9,13-15H,7-8,10-11H2,1H3,(H,19,22). The molecule has 7 heteroatoms. The van der Waals surface area contributed by atoms with E-state index in [0.717, 1.165) is 23.7 Å². The SMILES string of the molecule is CS(=O)(=O)N1C2CCC1CC(NC(=O)c1ccc3ccccc3n1)C2. The van der Waals surface area contributed by atoms with Gasteiger partial charge < -0.3 is 5.32 Å². The molecule has 2 aliphatic rings. The predicted molar refractivity (Wildman–Crippen MR) is 95.7 cm³/mol. The highest BCUT2D eigenvalue weighted by atomic mass is 32.2. The molecular formula is C18H21N3O3S. The summed E-state index contributed by atoms with van der Waals surface area (Å²) in [5, 5.41) is 4.05. The average molecular weight is 359 g/mol. The summed E-state index contributed by atoms with van der Waals surface area (Å²) in [5.74, 6) is -0.192. The molecule has 2 unspecified atom stereocenters. The number of hydrogen-bond acceptors (Lipinski definition) is 4. The first-order valence-corrected chi connectivity index (χ1v) is 10.4. The van der Waals surface area contributed by atoms with Gasteiger partial charge in [0.2, 0.25) is 10.0 Å². The second kappa shape index (κ2) is 6.07. The van der Waals surface area contributed by atoms with Crippen molar-refractivity contribution in [3.8, 4) is 0 Å². The number of nitrogens with one attached hydrogen (secondary N) is 1. The molecule has 2 saturated heterocycles. The van der Waals surface area contributed by atoms with Crippen LogP contribution in [0, 0.1) is 0 Å². The first-order valence-electron chi connectivity index (χ1n) is 8.57. The third-order valence-corrected chi connectivity index (χ3v) is 6.58. The number of pyridine rings is 1. The van der Waals surface area contributed by atoms with E-state index >= 15 is 0 Å². The Morgan fingerprint density at radius 3 is 2.48 bits per heavy atom. The third kappa shape index (κ3) is 3.14. The van der Waals surface area contributed by atoms with Crippen LogP contribution < -0.4 is 5.32 Å². The van der Waals surface area contributed by atoms with Crippen molar-refractivity contribution < 1.29 is 13.2 Å². The normalized spacial score (nSPS) is 26.7. The number of piperidine rings is 1. The van der Waals surface area contributed by atoms with Crippen molar-refractivity contribution in [3.05, 3.63) is 42.1 Å². The summed E-state index contributed by atoms with van der Waals surface area (Å²) in [6, 6.07) is 11.3. The fourth-order valence-electron chi connectivity index (χ4n) is 4.25. The molecule has 132 valence electrons. The monoisotopic (exact) mass is 359 g/mol. The maximum Gasteiger partial charge on any atom is 0.270 e. The molecule has 2 fully saturated rings. The fraction of sp³-hybridized carbons (Fsp3) is 0.444. The number of amides is 1. The van der Waals surface area contributed by atoms with Gasteiger partial charge in [-0.1, -0.05) is 24.3 Å². The van der Waals surface area contributed by atoms with E-state index in [-0.39, 0.29) is 24.0 Å². The van der Waals surface area contributed by atoms with Gasteiger partial charge in [-0.05, 0) is 37.8 Å². The molecule has 25 heavy (non-hydrogen) atoms. The summed E-state index contributed by atoms with van der Waals surface area (Å²) in [6.45, 7) is 0.